The van der Waals surface area contributed by atoms with Gasteiger partial charge in [-0.15, -0.1) is 0 Å². The minimum absolute atomic E-state index is 0.00425. The van der Waals surface area contributed by atoms with Crippen molar-refractivity contribution in [2.24, 2.45) is 34.5 Å². The van der Waals surface area contributed by atoms with Crippen molar-refractivity contribution in [3.63, 3.8) is 0 Å². The van der Waals surface area contributed by atoms with E-state index in [0.717, 1.165) is 38.5 Å². The van der Waals surface area contributed by atoms with Gasteiger partial charge < -0.3 is 9.47 Å². The third-order valence-electron chi connectivity index (χ3n) is 9.59. The lowest BCUT2D eigenvalue weighted by molar-refractivity contribution is -0.174. The molecule has 0 N–H and O–H groups in total. The van der Waals surface area contributed by atoms with Crippen LogP contribution in [0.4, 0.5) is 0 Å². The molecule has 0 aromatic rings. The molecule has 28 heavy (non-hydrogen) atoms. The van der Waals surface area contributed by atoms with Gasteiger partial charge in [0.2, 0.25) is 0 Å². The highest BCUT2D eigenvalue weighted by molar-refractivity contribution is 5.93. The zero-order chi connectivity index (χ0) is 20.1. The Balaban J connectivity index is 1.44. The van der Waals surface area contributed by atoms with Crippen molar-refractivity contribution in [2.45, 2.75) is 90.4 Å². The highest BCUT2D eigenvalue weighted by atomic mass is 16.6. The summed E-state index contributed by atoms with van der Waals surface area (Å²) in [5.74, 6) is 1.55. The van der Waals surface area contributed by atoms with Crippen LogP contribution in [0.1, 0.15) is 72.6 Å². The van der Waals surface area contributed by atoms with E-state index in [1.54, 1.807) is 6.92 Å². The standard InChI is InChI=1S/C23H32O5/c1-12(24)23-19(28-23)10-17-16-6-5-14-9-15(27-13(2)25)7-8-21(14,3)20(16)18(26)11-22(17,23)4/h14-17,19-20H,5-11H2,1-4H3/t14-,15+,16-,17+,19+,20-,21-,22+,23+/m0/s1. The summed E-state index contributed by atoms with van der Waals surface area (Å²) in [5, 5.41) is 0. The van der Waals surface area contributed by atoms with Crippen molar-refractivity contribution in [2.75, 3.05) is 0 Å². The number of carbonyl (C=O) groups is 3. The molecule has 0 aromatic heterocycles. The van der Waals surface area contributed by atoms with Crippen molar-refractivity contribution >= 4 is 17.5 Å². The zero-order valence-corrected chi connectivity index (χ0v) is 17.5. The molecule has 0 amide bonds. The molecule has 154 valence electrons. The molecule has 5 nitrogen and oxygen atoms in total. The number of hydrogen-bond donors (Lipinski definition) is 0. The number of fused-ring (bicyclic) bond motifs is 7. The molecule has 1 saturated heterocycles. The Morgan fingerprint density at radius 3 is 2.54 bits per heavy atom. The van der Waals surface area contributed by atoms with E-state index in [1.165, 1.54) is 6.92 Å². The second-order valence-corrected chi connectivity index (χ2v) is 10.7. The van der Waals surface area contributed by atoms with E-state index >= 15 is 0 Å². The number of ketones is 2. The van der Waals surface area contributed by atoms with Crippen LogP contribution in [0.3, 0.4) is 0 Å². The summed E-state index contributed by atoms with van der Waals surface area (Å²) >= 11 is 0. The first-order valence-electron chi connectivity index (χ1n) is 11.0. The molecule has 5 rings (SSSR count). The van der Waals surface area contributed by atoms with Gasteiger partial charge in [0, 0.05) is 24.7 Å². The molecular formula is C23H32O5. The first kappa shape index (κ1) is 18.8. The highest BCUT2D eigenvalue weighted by Crippen LogP contribution is 2.73. The Morgan fingerprint density at radius 2 is 1.86 bits per heavy atom. The Kier molecular flexibility index (Phi) is 3.81. The molecule has 1 aliphatic heterocycles. The lowest BCUT2D eigenvalue weighted by Gasteiger charge is -2.60. The molecule has 0 bridgehead atoms. The van der Waals surface area contributed by atoms with Crippen molar-refractivity contribution in [3.8, 4) is 0 Å². The van der Waals surface area contributed by atoms with Crippen LogP contribution >= 0.6 is 0 Å². The third-order valence-corrected chi connectivity index (χ3v) is 9.59. The van der Waals surface area contributed by atoms with E-state index in [2.05, 4.69) is 13.8 Å². The number of epoxide rings is 1. The number of esters is 1. The molecule has 5 aliphatic rings. The van der Waals surface area contributed by atoms with Crippen LogP contribution in [0, 0.1) is 34.5 Å². The number of ether oxygens (including phenoxy) is 2. The van der Waals surface area contributed by atoms with Crippen LogP contribution in [0.2, 0.25) is 0 Å². The van der Waals surface area contributed by atoms with Crippen LogP contribution in [0.15, 0.2) is 0 Å². The minimum atomic E-state index is -0.691. The Labute approximate surface area is 166 Å². The summed E-state index contributed by atoms with van der Waals surface area (Å²) in [6.07, 6.45) is 6.26. The van der Waals surface area contributed by atoms with E-state index in [0.29, 0.717) is 30.0 Å². The van der Waals surface area contributed by atoms with Gasteiger partial charge in [0.1, 0.15) is 11.9 Å². The molecule has 4 aliphatic carbocycles. The van der Waals surface area contributed by atoms with Crippen LogP contribution in [0.25, 0.3) is 0 Å². The van der Waals surface area contributed by atoms with E-state index in [1.807, 2.05) is 0 Å². The van der Waals surface area contributed by atoms with Gasteiger partial charge in [0.25, 0.3) is 0 Å². The van der Waals surface area contributed by atoms with Gasteiger partial charge in [-0.1, -0.05) is 13.8 Å². The molecule has 0 radical (unpaired) electrons. The fraction of sp³-hybridized carbons (Fsp3) is 0.870. The van der Waals surface area contributed by atoms with Crippen molar-refractivity contribution in [1.82, 2.24) is 0 Å². The predicted octanol–water partition coefficient (Wildman–Crippen LogP) is 3.48. The Morgan fingerprint density at radius 1 is 1.11 bits per heavy atom. The Bertz CT molecular complexity index is 760. The van der Waals surface area contributed by atoms with Gasteiger partial charge in [-0.2, -0.15) is 0 Å². The maximum atomic E-state index is 13.6. The second kappa shape index (κ2) is 5.68. The quantitative estimate of drug-likeness (QED) is 0.535. The summed E-state index contributed by atoms with van der Waals surface area (Å²) in [5.41, 5.74) is -1.03. The maximum absolute atomic E-state index is 13.6. The van der Waals surface area contributed by atoms with Gasteiger partial charge in [-0.25, -0.2) is 0 Å². The second-order valence-electron chi connectivity index (χ2n) is 10.7. The summed E-state index contributed by atoms with van der Waals surface area (Å²) in [4.78, 5) is 37.4. The van der Waals surface area contributed by atoms with Crippen molar-refractivity contribution in [3.05, 3.63) is 0 Å². The predicted molar refractivity (Wildman–Crippen MR) is 101 cm³/mol. The van der Waals surface area contributed by atoms with Gasteiger partial charge in [0.15, 0.2) is 11.4 Å². The molecule has 9 atom stereocenters. The molecular weight excluding hydrogens is 356 g/mol. The summed E-state index contributed by atoms with van der Waals surface area (Å²) in [6, 6.07) is 0. The topological polar surface area (TPSA) is 73.0 Å². The van der Waals surface area contributed by atoms with E-state index in [4.69, 9.17) is 9.47 Å². The SMILES string of the molecule is CC(=O)O[C@@H]1CC[C@@]2(C)[C@@H](CC[C@@H]3[C@H]2C(=O)C[C@]2(C)[C@@H]3C[C@H]3O[C@]32C(C)=O)C1. The fourth-order valence-electron chi connectivity index (χ4n) is 8.44. The number of hydrogen-bond acceptors (Lipinski definition) is 5. The lowest BCUT2D eigenvalue weighted by Crippen LogP contribution is -2.60. The molecule has 0 aromatic carbocycles. The van der Waals surface area contributed by atoms with Gasteiger partial charge in [0.05, 0.1) is 6.10 Å². The molecule has 0 spiro atoms. The summed E-state index contributed by atoms with van der Waals surface area (Å²) in [6.45, 7) is 7.57. The van der Waals surface area contributed by atoms with Gasteiger partial charge in [-0.3, -0.25) is 14.4 Å². The summed E-state index contributed by atoms with van der Waals surface area (Å²) < 4.78 is 11.4. The largest absolute Gasteiger partial charge is 0.463 e. The Hall–Kier alpha value is -1.23. The van der Waals surface area contributed by atoms with E-state index < -0.39 is 5.60 Å². The smallest absolute Gasteiger partial charge is 0.302 e. The third kappa shape index (κ3) is 2.15. The molecule has 5 fully saturated rings. The lowest BCUT2D eigenvalue weighted by atomic mass is 9.44. The monoisotopic (exact) mass is 388 g/mol. The van der Waals surface area contributed by atoms with Crippen LogP contribution in [-0.4, -0.2) is 35.3 Å². The summed E-state index contributed by atoms with van der Waals surface area (Å²) in [7, 11) is 0. The molecule has 5 heteroatoms. The van der Waals surface area contributed by atoms with Gasteiger partial charge in [-0.05, 0) is 68.6 Å². The van der Waals surface area contributed by atoms with Gasteiger partial charge >= 0.3 is 5.97 Å². The number of carbonyl (C=O) groups excluding carboxylic acids is 3. The first-order chi connectivity index (χ1) is 13.1. The highest BCUT2D eigenvalue weighted by Gasteiger charge is 2.80. The van der Waals surface area contributed by atoms with E-state index in [9.17, 15) is 14.4 Å². The number of Topliss-reactive ketones (excluding diaryl/α,β-unsaturated/α-hetero) is 2. The maximum Gasteiger partial charge on any atom is 0.302 e. The van der Waals surface area contributed by atoms with Crippen molar-refractivity contribution in [1.29, 1.82) is 0 Å². The van der Waals surface area contributed by atoms with E-state index in [-0.39, 0.29) is 40.7 Å². The average molecular weight is 389 g/mol. The number of rotatable bonds is 2. The van der Waals surface area contributed by atoms with Crippen LogP contribution < -0.4 is 0 Å². The zero-order valence-electron chi connectivity index (χ0n) is 17.5. The van der Waals surface area contributed by atoms with Crippen LogP contribution in [-0.2, 0) is 23.9 Å². The van der Waals surface area contributed by atoms with Crippen LogP contribution in [0.5, 0.6) is 0 Å². The van der Waals surface area contributed by atoms with Crippen molar-refractivity contribution < 1.29 is 23.9 Å². The normalized spacial score (nSPS) is 54.1. The fourth-order valence-corrected chi connectivity index (χ4v) is 8.44. The average Bonchev–Trinajstić information content (AvgIpc) is 3.28. The molecule has 4 saturated carbocycles. The first-order valence-corrected chi connectivity index (χ1v) is 11.0. The molecule has 1 heterocycles. The minimum Gasteiger partial charge on any atom is -0.463 e. The molecule has 0 unspecified atom stereocenters.